The maximum atomic E-state index is 11.4. The topological polar surface area (TPSA) is 96.7 Å². The number of nitrogens with two attached hydrogens (primary N) is 1. The van der Waals surface area contributed by atoms with Crippen LogP contribution in [0, 0.1) is 0 Å². The first-order valence-electron chi connectivity index (χ1n) is 5.48. The minimum atomic E-state index is 0.0443. The first-order chi connectivity index (χ1) is 8.72. The molecule has 1 aliphatic heterocycles. The minimum Gasteiger partial charge on any atom is -0.398 e. The van der Waals surface area contributed by atoms with Gasteiger partial charge in [-0.15, -0.1) is 0 Å². The molecule has 0 fully saturated rings. The van der Waals surface area contributed by atoms with Crippen LogP contribution in [0.25, 0.3) is 0 Å². The third-order valence-corrected chi connectivity index (χ3v) is 3.69. The smallest absolute Gasteiger partial charge is 0.224 e. The molecule has 1 aromatic carbocycles. The second-order valence-electron chi connectivity index (χ2n) is 3.99. The molecule has 0 saturated carbocycles. The highest BCUT2D eigenvalue weighted by Crippen LogP contribution is 2.35. The lowest BCUT2D eigenvalue weighted by Gasteiger charge is -2.18. The highest BCUT2D eigenvalue weighted by atomic mass is 32.2. The van der Waals surface area contributed by atoms with Gasteiger partial charge in [0.05, 0.1) is 0 Å². The molecule has 4 N–H and O–H groups in total. The number of aromatic amines is 1. The van der Waals surface area contributed by atoms with E-state index in [-0.39, 0.29) is 5.91 Å². The summed E-state index contributed by atoms with van der Waals surface area (Å²) in [5.74, 6) is 0.0443. The molecule has 0 aliphatic carbocycles. The number of nitrogen functional groups attached to an aromatic ring is 1. The van der Waals surface area contributed by atoms with Gasteiger partial charge in [-0.1, -0.05) is 0 Å². The molecule has 6 nitrogen and oxygen atoms in total. The molecule has 1 amide bonds. The fourth-order valence-electron chi connectivity index (χ4n) is 1.86. The molecule has 92 valence electrons. The fourth-order valence-corrected chi connectivity index (χ4v) is 2.62. The van der Waals surface area contributed by atoms with Crippen LogP contribution >= 0.6 is 11.8 Å². The molecule has 0 radical (unpaired) electrons. The molecule has 18 heavy (non-hydrogen) atoms. The lowest BCUT2D eigenvalue weighted by atomic mass is 10.0. The van der Waals surface area contributed by atoms with Gasteiger partial charge in [0, 0.05) is 22.7 Å². The normalized spacial score (nSPS) is 14.1. The standard InChI is InChI=1S/C11H11N5OS/c12-7-3-6-1-2-10(17)15-8(6)4-9(7)18-11-13-5-14-16-11/h3-5H,1-2,12H2,(H,15,17)(H,13,14,16). The number of aromatic nitrogens is 3. The average molecular weight is 261 g/mol. The summed E-state index contributed by atoms with van der Waals surface area (Å²) in [6.07, 6.45) is 2.69. The molecule has 7 heteroatoms. The number of anilines is 2. The van der Waals surface area contributed by atoms with Crippen LogP contribution in [-0.2, 0) is 11.2 Å². The summed E-state index contributed by atoms with van der Waals surface area (Å²) in [4.78, 5) is 16.2. The van der Waals surface area contributed by atoms with Crippen LogP contribution in [0.5, 0.6) is 0 Å². The zero-order valence-corrected chi connectivity index (χ0v) is 10.3. The van der Waals surface area contributed by atoms with Gasteiger partial charge in [0.25, 0.3) is 0 Å². The molecule has 0 bridgehead atoms. The van der Waals surface area contributed by atoms with Crippen molar-refractivity contribution in [3.8, 4) is 0 Å². The Hall–Kier alpha value is -2.02. The van der Waals surface area contributed by atoms with E-state index < -0.39 is 0 Å². The number of rotatable bonds is 2. The summed E-state index contributed by atoms with van der Waals surface area (Å²) in [5.41, 5.74) is 8.60. The van der Waals surface area contributed by atoms with Crippen molar-refractivity contribution in [1.29, 1.82) is 0 Å². The second-order valence-corrected chi connectivity index (χ2v) is 5.02. The molecule has 3 rings (SSSR count). The predicted octanol–water partition coefficient (Wildman–Crippen LogP) is 1.42. The Morgan fingerprint density at radius 3 is 3.00 bits per heavy atom. The van der Waals surface area contributed by atoms with Crippen LogP contribution in [0.15, 0.2) is 28.5 Å². The van der Waals surface area contributed by atoms with Gasteiger partial charge in [0.15, 0.2) is 5.16 Å². The van der Waals surface area contributed by atoms with Crippen molar-refractivity contribution in [1.82, 2.24) is 15.2 Å². The van der Waals surface area contributed by atoms with Crippen LogP contribution < -0.4 is 11.1 Å². The maximum absolute atomic E-state index is 11.4. The van der Waals surface area contributed by atoms with Gasteiger partial charge in [-0.2, -0.15) is 5.10 Å². The van der Waals surface area contributed by atoms with Crippen LogP contribution in [0.4, 0.5) is 11.4 Å². The monoisotopic (exact) mass is 261 g/mol. The molecule has 0 unspecified atom stereocenters. The van der Waals surface area contributed by atoms with Gasteiger partial charge < -0.3 is 11.1 Å². The van der Waals surface area contributed by atoms with Gasteiger partial charge in [0.1, 0.15) is 6.33 Å². The first-order valence-corrected chi connectivity index (χ1v) is 6.29. The Balaban J connectivity index is 1.95. The van der Waals surface area contributed by atoms with E-state index in [1.807, 2.05) is 12.1 Å². The molecule has 1 aromatic heterocycles. The maximum Gasteiger partial charge on any atom is 0.224 e. The summed E-state index contributed by atoms with van der Waals surface area (Å²) < 4.78 is 0. The van der Waals surface area contributed by atoms with E-state index >= 15 is 0 Å². The van der Waals surface area contributed by atoms with Crippen molar-refractivity contribution >= 4 is 29.0 Å². The zero-order chi connectivity index (χ0) is 12.5. The van der Waals surface area contributed by atoms with Gasteiger partial charge in [-0.3, -0.25) is 9.89 Å². The summed E-state index contributed by atoms with van der Waals surface area (Å²) in [6, 6.07) is 3.79. The SMILES string of the molecule is Nc1cc2c(cc1Sc1ncn[nH]1)NC(=O)CC2. The Kier molecular flexibility index (Phi) is 2.67. The molecule has 2 heterocycles. The van der Waals surface area contributed by atoms with E-state index in [4.69, 9.17) is 5.73 Å². The number of H-pyrrole nitrogens is 1. The Morgan fingerprint density at radius 1 is 1.33 bits per heavy atom. The number of benzene rings is 1. The van der Waals surface area contributed by atoms with E-state index in [1.54, 1.807) is 0 Å². The van der Waals surface area contributed by atoms with Crippen molar-refractivity contribution in [2.24, 2.45) is 0 Å². The van der Waals surface area contributed by atoms with Gasteiger partial charge in [-0.05, 0) is 35.9 Å². The van der Waals surface area contributed by atoms with E-state index in [9.17, 15) is 4.79 Å². The van der Waals surface area contributed by atoms with Crippen LogP contribution in [0.1, 0.15) is 12.0 Å². The van der Waals surface area contributed by atoms with Crippen LogP contribution in [-0.4, -0.2) is 21.1 Å². The third-order valence-electron chi connectivity index (χ3n) is 2.73. The van der Waals surface area contributed by atoms with Gasteiger partial charge in [-0.25, -0.2) is 4.98 Å². The highest BCUT2D eigenvalue weighted by Gasteiger charge is 2.17. The van der Waals surface area contributed by atoms with Gasteiger partial charge >= 0.3 is 0 Å². The Labute approximate surface area is 107 Å². The quantitative estimate of drug-likeness (QED) is 0.710. The number of carbonyl (C=O) groups excluding carboxylic acids is 1. The summed E-state index contributed by atoms with van der Waals surface area (Å²) >= 11 is 1.39. The lowest BCUT2D eigenvalue weighted by Crippen LogP contribution is -2.19. The van der Waals surface area contributed by atoms with Crippen molar-refractivity contribution in [3.63, 3.8) is 0 Å². The lowest BCUT2D eigenvalue weighted by molar-refractivity contribution is -0.116. The molecular formula is C11H11N5OS. The number of nitrogens with zero attached hydrogens (tertiary/aromatic N) is 2. The molecular weight excluding hydrogens is 250 g/mol. The summed E-state index contributed by atoms with van der Waals surface area (Å²) in [7, 11) is 0. The van der Waals surface area contributed by atoms with Crippen LogP contribution in [0.2, 0.25) is 0 Å². The molecule has 0 atom stereocenters. The number of nitrogens with one attached hydrogen (secondary N) is 2. The summed E-state index contributed by atoms with van der Waals surface area (Å²) in [6.45, 7) is 0. The van der Waals surface area contributed by atoms with Gasteiger partial charge in [0.2, 0.25) is 5.91 Å². The van der Waals surface area contributed by atoms with Crippen molar-refractivity contribution < 1.29 is 4.79 Å². The number of hydrogen-bond acceptors (Lipinski definition) is 5. The van der Waals surface area contributed by atoms with E-state index in [0.29, 0.717) is 17.3 Å². The number of carbonyl (C=O) groups is 1. The predicted molar refractivity (Wildman–Crippen MR) is 68.3 cm³/mol. The third kappa shape index (κ3) is 2.04. The molecule has 1 aliphatic rings. The highest BCUT2D eigenvalue weighted by molar-refractivity contribution is 7.99. The molecule has 0 saturated heterocycles. The van der Waals surface area contributed by atoms with E-state index in [0.717, 1.165) is 22.6 Å². The number of hydrogen-bond donors (Lipinski definition) is 3. The minimum absolute atomic E-state index is 0.0443. The average Bonchev–Trinajstić information content (AvgIpc) is 2.83. The molecule has 0 spiro atoms. The fraction of sp³-hybridized carbons (Fsp3) is 0.182. The number of amides is 1. The van der Waals surface area contributed by atoms with E-state index in [2.05, 4.69) is 20.5 Å². The Bertz CT molecular complexity index is 596. The number of fused-ring (bicyclic) bond motifs is 1. The largest absolute Gasteiger partial charge is 0.398 e. The second kappa shape index (κ2) is 4.34. The summed E-state index contributed by atoms with van der Waals surface area (Å²) in [5, 5.41) is 10.1. The van der Waals surface area contributed by atoms with Crippen LogP contribution in [0.3, 0.4) is 0 Å². The number of aryl methyl sites for hydroxylation is 1. The first kappa shape index (κ1) is 11.1. The zero-order valence-electron chi connectivity index (χ0n) is 9.43. The van der Waals surface area contributed by atoms with Crippen molar-refractivity contribution in [2.75, 3.05) is 11.1 Å². The Morgan fingerprint density at radius 2 is 2.22 bits per heavy atom. The van der Waals surface area contributed by atoms with E-state index in [1.165, 1.54) is 18.1 Å². The van der Waals surface area contributed by atoms with Crippen molar-refractivity contribution in [2.45, 2.75) is 22.9 Å². The van der Waals surface area contributed by atoms with Crippen molar-refractivity contribution in [3.05, 3.63) is 24.0 Å². The molecule has 2 aromatic rings.